The summed E-state index contributed by atoms with van der Waals surface area (Å²) in [6, 6.07) is 21.3. The van der Waals surface area contributed by atoms with Gasteiger partial charge in [0.05, 0.1) is 6.67 Å². The van der Waals surface area contributed by atoms with E-state index in [9.17, 15) is 0 Å². The van der Waals surface area contributed by atoms with Gasteiger partial charge in [0.25, 0.3) is 0 Å². The molecule has 0 aromatic heterocycles. The second-order valence-corrected chi connectivity index (χ2v) is 6.87. The van der Waals surface area contributed by atoms with E-state index < -0.39 is 11.9 Å². The predicted octanol–water partition coefficient (Wildman–Crippen LogP) is 1.64. The van der Waals surface area contributed by atoms with Crippen LogP contribution < -0.4 is 5.32 Å². The Kier molecular flexibility index (Phi) is 11.8. The molecule has 2 aromatic carbocycles. The van der Waals surface area contributed by atoms with Crippen LogP contribution in [-0.2, 0) is 16.0 Å². The van der Waals surface area contributed by atoms with Gasteiger partial charge in [0, 0.05) is 38.4 Å². The highest BCUT2D eigenvalue weighted by atomic mass is 16.4. The highest BCUT2D eigenvalue weighted by molar-refractivity contribution is 6.27. The number of rotatable bonds is 7. The SMILES string of the molecule is O.O=C(O)C(=O)O.c1ccc(CCN2CCCN(CCNc3ccccc3)C2)cc1. The predicted molar refractivity (Wildman–Crippen MR) is 117 cm³/mol. The summed E-state index contributed by atoms with van der Waals surface area (Å²) >= 11 is 0. The van der Waals surface area contributed by atoms with Crippen LogP contribution in [0.5, 0.6) is 0 Å². The summed E-state index contributed by atoms with van der Waals surface area (Å²) in [4.78, 5) is 23.3. The molecular formula is C22H31N3O5. The third kappa shape index (κ3) is 10.0. The van der Waals surface area contributed by atoms with Gasteiger partial charge in [-0.2, -0.15) is 0 Å². The molecule has 0 amide bonds. The summed E-state index contributed by atoms with van der Waals surface area (Å²) in [5.74, 6) is -3.65. The van der Waals surface area contributed by atoms with E-state index in [0.717, 1.165) is 32.7 Å². The van der Waals surface area contributed by atoms with E-state index in [2.05, 4.69) is 75.8 Å². The van der Waals surface area contributed by atoms with Crippen molar-refractivity contribution in [3.05, 3.63) is 66.2 Å². The van der Waals surface area contributed by atoms with Crippen molar-refractivity contribution in [2.24, 2.45) is 0 Å². The number of carboxylic acid groups (broad SMARTS) is 2. The molecule has 1 saturated heterocycles. The van der Waals surface area contributed by atoms with E-state index in [0.29, 0.717) is 0 Å². The molecule has 0 aliphatic carbocycles. The molecule has 1 aliphatic rings. The molecule has 0 bridgehead atoms. The van der Waals surface area contributed by atoms with Crippen LogP contribution in [0, 0.1) is 0 Å². The Morgan fingerprint density at radius 2 is 1.37 bits per heavy atom. The van der Waals surface area contributed by atoms with Crippen LogP contribution in [0.2, 0.25) is 0 Å². The Hall–Kier alpha value is -2.94. The fourth-order valence-electron chi connectivity index (χ4n) is 3.15. The molecule has 0 spiro atoms. The number of nitrogens with one attached hydrogen (secondary N) is 1. The van der Waals surface area contributed by atoms with Gasteiger partial charge >= 0.3 is 11.9 Å². The molecule has 30 heavy (non-hydrogen) atoms. The minimum atomic E-state index is -1.82. The molecule has 8 heteroatoms. The van der Waals surface area contributed by atoms with Gasteiger partial charge in [-0.15, -0.1) is 0 Å². The van der Waals surface area contributed by atoms with Gasteiger partial charge in [-0.3, -0.25) is 9.80 Å². The number of benzene rings is 2. The second-order valence-electron chi connectivity index (χ2n) is 6.87. The monoisotopic (exact) mass is 417 g/mol. The van der Waals surface area contributed by atoms with Crippen LogP contribution in [0.1, 0.15) is 12.0 Å². The average Bonchev–Trinajstić information content (AvgIpc) is 2.74. The second kappa shape index (κ2) is 14.1. The van der Waals surface area contributed by atoms with Gasteiger partial charge in [0.1, 0.15) is 0 Å². The van der Waals surface area contributed by atoms with E-state index in [1.54, 1.807) is 0 Å². The van der Waals surface area contributed by atoms with Gasteiger partial charge < -0.3 is 21.0 Å². The fraction of sp³-hybridized carbons (Fsp3) is 0.364. The Morgan fingerprint density at radius 3 is 1.93 bits per heavy atom. The molecule has 0 saturated carbocycles. The molecule has 2 aromatic rings. The first kappa shape index (κ1) is 25.1. The van der Waals surface area contributed by atoms with Crippen molar-refractivity contribution < 1.29 is 25.3 Å². The largest absolute Gasteiger partial charge is 0.473 e. The summed E-state index contributed by atoms with van der Waals surface area (Å²) in [7, 11) is 0. The number of hydrogen-bond donors (Lipinski definition) is 3. The van der Waals surface area contributed by atoms with Crippen molar-refractivity contribution in [1.29, 1.82) is 0 Å². The lowest BCUT2D eigenvalue weighted by Gasteiger charge is -2.35. The van der Waals surface area contributed by atoms with E-state index in [1.165, 1.54) is 30.8 Å². The Labute approximate surface area is 177 Å². The number of nitrogens with zero attached hydrogens (tertiary/aromatic N) is 2. The van der Waals surface area contributed by atoms with Crippen LogP contribution >= 0.6 is 0 Å². The van der Waals surface area contributed by atoms with Gasteiger partial charge in [0.2, 0.25) is 0 Å². The number of para-hydroxylation sites is 1. The zero-order valence-corrected chi connectivity index (χ0v) is 17.0. The molecule has 1 aliphatic heterocycles. The highest BCUT2D eigenvalue weighted by Crippen LogP contribution is 2.09. The van der Waals surface area contributed by atoms with Crippen molar-refractivity contribution in [2.75, 3.05) is 44.7 Å². The van der Waals surface area contributed by atoms with Gasteiger partial charge in [-0.05, 0) is 30.5 Å². The number of aliphatic carboxylic acids is 2. The molecule has 5 N–H and O–H groups in total. The first-order valence-electron chi connectivity index (χ1n) is 9.78. The van der Waals surface area contributed by atoms with E-state index in [4.69, 9.17) is 19.8 Å². The van der Waals surface area contributed by atoms with E-state index in [-0.39, 0.29) is 5.48 Å². The van der Waals surface area contributed by atoms with Crippen LogP contribution in [0.15, 0.2) is 60.7 Å². The zero-order chi connectivity index (χ0) is 20.9. The number of anilines is 1. The lowest BCUT2D eigenvalue weighted by Crippen LogP contribution is -2.46. The first-order valence-corrected chi connectivity index (χ1v) is 9.78. The van der Waals surface area contributed by atoms with Crippen molar-refractivity contribution in [3.63, 3.8) is 0 Å². The van der Waals surface area contributed by atoms with Crippen molar-refractivity contribution >= 4 is 17.6 Å². The zero-order valence-electron chi connectivity index (χ0n) is 17.0. The average molecular weight is 418 g/mol. The van der Waals surface area contributed by atoms with E-state index >= 15 is 0 Å². The molecule has 0 unspecified atom stereocenters. The van der Waals surface area contributed by atoms with Crippen LogP contribution in [0.25, 0.3) is 0 Å². The Morgan fingerprint density at radius 1 is 0.833 bits per heavy atom. The number of carboxylic acids is 2. The van der Waals surface area contributed by atoms with Gasteiger partial charge in [-0.1, -0.05) is 48.5 Å². The number of hydrogen-bond acceptors (Lipinski definition) is 5. The van der Waals surface area contributed by atoms with Crippen molar-refractivity contribution in [2.45, 2.75) is 12.8 Å². The van der Waals surface area contributed by atoms with Crippen LogP contribution in [-0.4, -0.2) is 76.8 Å². The normalized spacial score (nSPS) is 14.0. The maximum absolute atomic E-state index is 9.10. The maximum atomic E-state index is 9.10. The van der Waals surface area contributed by atoms with Crippen molar-refractivity contribution in [3.8, 4) is 0 Å². The molecule has 0 radical (unpaired) electrons. The van der Waals surface area contributed by atoms with Crippen LogP contribution in [0.3, 0.4) is 0 Å². The summed E-state index contributed by atoms with van der Waals surface area (Å²) in [5.41, 5.74) is 2.65. The lowest BCUT2D eigenvalue weighted by molar-refractivity contribution is -0.159. The van der Waals surface area contributed by atoms with Crippen LogP contribution in [0.4, 0.5) is 5.69 Å². The third-order valence-corrected chi connectivity index (χ3v) is 4.62. The topological polar surface area (TPSA) is 125 Å². The highest BCUT2D eigenvalue weighted by Gasteiger charge is 2.16. The number of carbonyl (C=O) groups is 2. The minimum Gasteiger partial charge on any atom is -0.473 e. The quantitative estimate of drug-likeness (QED) is 0.585. The Bertz CT molecular complexity index is 731. The van der Waals surface area contributed by atoms with Gasteiger partial charge in [0.15, 0.2) is 0 Å². The summed E-state index contributed by atoms with van der Waals surface area (Å²) in [5, 5.41) is 18.3. The molecular weight excluding hydrogens is 386 g/mol. The first-order chi connectivity index (χ1) is 14.0. The molecule has 1 fully saturated rings. The lowest BCUT2D eigenvalue weighted by atomic mass is 10.1. The third-order valence-electron chi connectivity index (χ3n) is 4.62. The molecule has 0 atom stereocenters. The van der Waals surface area contributed by atoms with Crippen molar-refractivity contribution in [1.82, 2.24) is 9.80 Å². The maximum Gasteiger partial charge on any atom is 0.414 e. The fourth-order valence-corrected chi connectivity index (χ4v) is 3.15. The minimum absolute atomic E-state index is 0. The van der Waals surface area contributed by atoms with E-state index in [1.807, 2.05) is 0 Å². The molecule has 8 nitrogen and oxygen atoms in total. The summed E-state index contributed by atoms with van der Waals surface area (Å²) < 4.78 is 0. The standard InChI is InChI=1S/C20H27N3.C2H2O4.H2O/c1-3-8-19(9-4-1)12-16-22-14-7-15-23(18-22)17-13-21-20-10-5-2-6-11-20;3-1(4)2(5)6;/h1-6,8-11,21H,7,12-18H2;(H,3,4)(H,5,6);1H2. The molecule has 3 rings (SSSR count). The molecule has 164 valence electrons. The summed E-state index contributed by atoms with van der Waals surface area (Å²) in [6.45, 7) is 6.83. The van der Waals surface area contributed by atoms with Gasteiger partial charge in [-0.25, -0.2) is 9.59 Å². The Balaban J connectivity index is 0.000000567. The summed E-state index contributed by atoms with van der Waals surface area (Å²) in [6.07, 6.45) is 2.43. The molecule has 1 heterocycles. The smallest absolute Gasteiger partial charge is 0.414 e.